The number of hydrogen-bond acceptors (Lipinski definition) is 8. The highest BCUT2D eigenvalue weighted by molar-refractivity contribution is 8.18. The number of benzene rings is 2. The summed E-state index contributed by atoms with van der Waals surface area (Å²) < 4.78 is 15.2. The Kier molecular flexibility index (Phi) is 8.64. The number of esters is 2. The second kappa shape index (κ2) is 11.9. The van der Waals surface area contributed by atoms with E-state index < -0.39 is 17.8 Å². The average Bonchev–Trinajstić information content (AvgIpc) is 3.13. The molecule has 2 aromatic rings. The first-order valence-corrected chi connectivity index (χ1v) is 11.3. The number of nitrogens with zero attached hydrogens (tertiary/aromatic N) is 1. The fraction of sp³-hybridized carbons (Fsp3) is 0.200. The number of aliphatic hydroxyl groups is 1. The predicted octanol–water partition coefficient (Wildman–Crippen LogP) is 4.33. The van der Waals surface area contributed by atoms with E-state index in [1.54, 1.807) is 74.5 Å². The number of carbonyl (C=O) groups excluding carboxylic acids is 3. The zero-order chi connectivity index (χ0) is 24.5. The van der Waals surface area contributed by atoms with Gasteiger partial charge in [0, 0.05) is 5.56 Å². The molecule has 0 aliphatic carbocycles. The maximum absolute atomic E-state index is 12.6. The summed E-state index contributed by atoms with van der Waals surface area (Å²) in [5.41, 5.74) is 0.891. The number of thioether (sulfide) groups is 1. The summed E-state index contributed by atoms with van der Waals surface area (Å²) in [5, 5.41) is 10.8. The van der Waals surface area contributed by atoms with Crippen molar-refractivity contribution >= 4 is 40.7 Å². The quantitative estimate of drug-likeness (QED) is 0.555. The molecule has 34 heavy (non-hydrogen) atoms. The summed E-state index contributed by atoms with van der Waals surface area (Å²) in [6.45, 7) is 3.54. The predicted molar refractivity (Wildman–Crippen MR) is 129 cm³/mol. The SMILES string of the molecule is CCOC(=O)COc1ccc(/C=C2\SC(=NC(=O)c3ccccc3)C(C(=O)OCC)=C2O)cc1. The Morgan fingerprint density at radius 1 is 0.971 bits per heavy atom. The van der Waals surface area contributed by atoms with Gasteiger partial charge in [-0.15, -0.1) is 0 Å². The molecule has 0 saturated carbocycles. The van der Waals surface area contributed by atoms with Crippen molar-refractivity contribution in [3.63, 3.8) is 0 Å². The first-order valence-electron chi connectivity index (χ1n) is 10.5. The number of rotatable bonds is 8. The molecule has 3 rings (SSSR count). The summed E-state index contributed by atoms with van der Waals surface area (Å²) in [7, 11) is 0. The molecule has 2 aromatic carbocycles. The Labute approximate surface area is 200 Å². The fourth-order valence-corrected chi connectivity index (χ4v) is 3.90. The van der Waals surface area contributed by atoms with Gasteiger partial charge < -0.3 is 19.3 Å². The third kappa shape index (κ3) is 6.35. The molecule has 1 aliphatic rings. The lowest BCUT2D eigenvalue weighted by Gasteiger charge is -2.06. The van der Waals surface area contributed by atoms with Crippen molar-refractivity contribution < 1.29 is 33.7 Å². The third-order valence-corrected chi connectivity index (χ3v) is 5.45. The largest absolute Gasteiger partial charge is 0.506 e. The molecule has 1 aliphatic heterocycles. The van der Waals surface area contributed by atoms with Crippen LogP contribution >= 0.6 is 11.8 Å². The van der Waals surface area contributed by atoms with Crippen LogP contribution in [0.1, 0.15) is 29.8 Å². The number of ether oxygens (including phenoxy) is 3. The molecule has 9 heteroatoms. The molecule has 0 aromatic heterocycles. The van der Waals surface area contributed by atoms with Gasteiger partial charge >= 0.3 is 11.9 Å². The van der Waals surface area contributed by atoms with Crippen molar-refractivity contribution in [3.8, 4) is 5.75 Å². The first kappa shape index (κ1) is 24.8. The molecule has 1 N–H and O–H groups in total. The number of carbonyl (C=O) groups is 3. The van der Waals surface area contributed by atoms with Gasteiger partial charge in [-0.05, 0) is 49.8 Å². The van der Waals surface area contributed by atoms with E-state index in [0.717, 1.165) is 11.8 Å². The van der Waals surface area contributed by atoms with Gasteiger partial charge in [0.1, 0.15) is 22.1 Å². The van der Waals surface area contributed by atoms with Gasteiger partial charge in [-0.1, -0.05) is 42.1 Å². The molecule has 0 saturated heterocycles. The van der Waals surface area contributed by atoms with Gasteiger partial charge in [-0.2, -0.15) is 0 Å². The molecule has 1 heterocycles. The van der Waals surface area contributed by atoms with Crippen molar-refractivity contribution in [3.05, 3.63) is 82.0 Å². The summed E-state index contributed by atoms with van der Waals surface area (Å²) in [5.74, 6) is -1.61. The third-order valence-electron chi connectivity index (χ3n) is 4.43. The van der Waals surface area contributed by atoms with Gasteiger partial charge in [0.25, 0.3) is 5.91 Å². The Hall–Kier alpha value is -3.85. The van der Waals surface area contributed by atoms with E-state index >= 15 is 0 Å². The molecule has 0 bridgehead atoms. The molecule has 0 radical (unpaired) electrons. The van der Waals surface area contributed by atoms with E-state index in [2.05, 4.69) is 4.99 Å². The second-order valence-electron chi connectivity index (χ2n) is 6.81. The number of hydrogen-bond donors (Lipinski definition) is 1. The van der Waals surface area contributed by atoms with Crippen LogP contribution in [-0.4, -0.2) is 47.8 Å². The lowest BCUT2D eigenvalue weighted by Crippen LogP contribution is -2.14. The summed E-state index contributed by atoms with van der Waals surface area (Å²) in [4.78, 5) is 40.8. The standard InChI is InChI=1S/C25H23NO7S/c1-3-31-20(27)15-33-18-12-10-16(11-13-18)14-19-22(28)21(25(30)32-4-2)24(34-19)26-23(29)17-8-6-5-7-9-17/h5-14,28H,3-4,15H2,1-2H3/b19-14-,26-24?. The van der Waals surface area contributed by atoms with Crippen molar-refractivity contribution in [2.75, 3.05) is 19.8 Å². The fourth-order valence-electron chi connectivity index (χ4n) is 2.89. The highest BCUT2D eigenvalue weighted by atomic mass is 32.2. The highest BCUT2D eigenvalue weighted by Gasteiger charge is 2.33. The van der Waals surface area contributed by atoms with Gasteiger partial charge in [-0.3, -0.25) is 4.79 Å². The van der Waals surface area contributed by atoms with E-state index in [1.807, 2.05) is 0 Å². The van der Waals surface area contributed by atoms with E-state index in [9.17, 15) is 19.5 Å². The second-order valence-corrected chi connectivity index (χ2v) is 7.84. The number of aliphatic imine (C=N–C) groups is 1. The minimum Gasteiger partial charge on any atom is -0.506 e. The molecular formula is C25H23NO7S. The highest BCUT2D eigenvalue weighted by Crippen LogP contribution is 2.39. The minimum atomic E-state index is -0.766. The molecule has 0 spiro atoms. The van der Waals surface area contributed by atoms with Gasteiger partial charge in [-0.25, -0.2) is 14.6 Å². The molecular weight excluding hydrogens is 458 g/mol. The Morgan fingerprint density at radius 3 is 2.29 bits per heavy atom. The molecule has 0 unspecified atom stereocenters. The van der Waals surface area contributed by atoms with Crippen molar-refractivity contribution in [2.45, 2.75) is 13.8 Å². The monoisotopic (exact) mass is 481 g/mol. The van der Waals surface area contributed by atoms with Crippen LogP contribution in [0.5, 0.6) is 5.75 Å². The summed E-state index contributed by atoms with van der Waals surface area (Å²) in [6, 6.07) is 15.2. The summed E-state index contributed by atoms with van der Waals surface area (Å²) >= 11 is 0.996. The summed E-state index contributed by atoms with van der Waals surface area (Å²) in [6.07, 6.45) is 1.64. The minimum absolute atomic E-state index is 0.0606. The van der Waals surface area contributed by atoms with Crippen LogP contribution < -0.4 is 4.74 Å². The van der Waals surface area contributed by atoms with Crippen LogP contribution in [0, 0.1) is 0 Å². The maximum atomic E-state index is 12.6. The molecule has 8 nitrogen and oxygen atoms in total. The maximum Gasteiger partial charge on any atom is 0.344 e. The Bertz CT molecular complexity index is 1150. The Morgan fingerprint density at radius 2 is 1.65 bits per heavy atom. The zero-order valence-corrected chi connectivity index (χ0v) is 19.5. The van der Waals surface area contributed by atoms with E-state index in [-0.39, 0.29) is 36.2 Å². The lowest BCUT2D eigenvalue weighted by atomic mass is 10.1. The van der Waals surface area contributed by atoms with E-state index in [4.69, 9.17) is 14.2 Å². The van der Waals surface area contributed by atoms with Crippen molar-refractivity contribution in [2.24, 2.45) is 4.99 Å². The van der Waals surface area contributed by atoms with Crippen LogP contribution in [0.25, 0.3) is 6.08 Å². The number of amides is 1. The number of aliphatic hydroxyl groups excluding tert-OH is 1. The van der Waals surface area contributed by atoms with E-state index in [0.29, 0.717) is 21.8 Å². The van der Waals surface area contributed by atoms with Gasteiger partial charge in [0.2, 0.25) is 0 Å². The molecule has 1 amide bonds. The van der Waals surface area contributed by atoms with Crippen LogP contribution in [0.2, 0.25) is 0 Å². The van der Waals surface area contributed by atoms with Crippen molar-refractivity contribution in [1.82, 2.24) is 0 Å². The van der Waals surface area contributed by atoms with Gasteiger partial charge in [0.05, 0.1) is 18.1 Å². The molecule has 0 atom stereocenters. The van der Waals surface area contributed by atoms with Crippen LogP contribution in [0.3, 0.4) is 0 Å². The normalized spacial score (nSPS) is 15.5. The smallest absolute Gasteiger partial charge is 0.344 e. The zero-order valence-electron chi connectivity index (χ0n) is 18.6. The van der Waals surface area contributed by atoms with Crippen LogP contribution in [0.4, 0.5) is 0 Å². The molecule has 0 fully saturated rings. The first-order chi connectivity index (χ1) is 16.4. The van der Waals surface area contributed by atoms with Gasteiger partial charge in [0.15, 0.2) is 6.61 Å². The van der Waals surface area contributed by atoms with Crippen molar-refractivity contribution in [1.29, 1.82) is 0 Å². The topological polar surface area (TPSA) is 111 Å². The molecule has 176 valence electrons. The van der Waals surface area contributed by atoms with Crippen LogP contribution in [-0.2, 0) is 19.1 Å². The Balaban J connectivity index is 1.84. The average molecular weight is 482 g/mol. The lowest BCUT2D eigenvalue weighted by molar-refractivity contribution is -0.145. The van der Waals surface area contributed by atoms with E-state index in [1.165, 1.54) is 0 Å². The van der Waals surface area contributed by atoms with Crippen LogP contribution in [0.15, 0.2) is 75.8 Å².